The fourth-order valence-electron chi connectivity index (χ4n) is 3.64. The van der Waals surface area contributed by atoms with Crippen molar-refractivity contribution in [3.63, 3.8) is 0 Å². The van der Waals surface area contributed by atoms with Crippen molar-refractivity contribution in [2.45, 2.75) is 33.2 Å². The van der Waals surface area contributed by atoms with Gasteiger partial charge in [-0.25, -0.2) is 9.18 Å². The molecule has 2 heterocycles. The molecule has 0 aliphatic carbocycles. The van der Waals surface area contributed by atoms with E-state index in [0.717, 1.165) is 0 Å². The van der Waals surface area contributed by atoms with Crippen LogP contribution in [0.1, 0.15) is 38.8 Å². The molecule has 1 atom stereocenters. The number of benzene rings is 1. The Balaban J connectivity index is 1.79. The third-order valence-corrected chi connectivity index (χ3v) is 5.11. The normalized spacial score (nSPS) is 19.0. The van der Waals surface area contributed by atoms with Crippen LogP contribution in [0.3, 0.4) is 0 Å². The first kappa shape index (κ1) is 20.8. The van der Waals surface area contributed by atoms with E-state index in [2.05, 4.69) is 10.6 Å². The highest BCUT2D eigenvalue weighted by molar-refractivity contribution is 6.01. The zero-order valence-electron chi connectivity index (χ0n) is 17.0. The third kappa shape index (κ3) is 4.41. The lowest BCUT2D eigenvalue weighted by atomic mass is 9.95. The van der Waals surface area contributed by atoms with Crippen LogP contribution in [0, 0.1) is 11.7 Å². The summed E-state index contributed by atoms with van der Waals surface area (Å²) in [5, 5.41) is 5.66. The largest absolute Gasteiger partial charge is 0.356 e. The molecule has 2 N–H and O–H groups in total. The van der Waals surface area contributed by atoms with Crippen LogP contribution >= 0.6 is 0 Å². The van der Waals surface area contributed by atoms with Crippen LogP contribution in [0.25, 0.3) is 0 Å². The second-order valence-corrected chi connectivity index (χ2v) is 7.72. The van der Waals surface area contributed by atoms with Crippen LogP contribution in [-0.2, 0) is 9.59 Å². The molecular formula is C21H27FN4O3. The van der Waals surface area contributed by atoms with Gasteiger partial charge >= 0.3 is 6.03 Å². The van der Waals surface area contributed by atoms with E-state index in [4.69, 9.17) is 0 Å². The summed E-state index contributed by atoms with van der Waals surface area (Å²) in [6.45, 7) is 7.38. The second-order valence-electron chi connectivity index (χ2n) is 7.72. The first-order chi connectivity index (χ1) is 13.8. The van der Waals surface area contributed by atoms with E-state index in [1.54, 1.807) is 17.0 Å². The number of rotatable bonds is 7. The van der Waals surface area contributed by atoms with Gasteiger partial charge in [-0.3, -0.25) is 14.5 Å². The van der Waals surface area contributed by atoms with Crippen LogP contribution in [0.2, 0.25) is 0 Å². The number of urea groups is 1. The molecule has 0 bridgehead atoms. The SMILES string of the molecule is CCN1C(=O)NC(c2cccc(F)c2)C2=C1CN(CCC(=O)NCC(C)C)C2=O. The van der Waals surface area contributed by atoms with Crippen molar-refractivity contribution in [1.82, 2.24) is 20.4 Å². The highest BCUT2D eigenvalue weighted by atomic mass is 19.1. The van der Waals surface area contributed by atoms with Gasteiger partial charge in [-0.05, 0) is 30.5 Å². The molecule has 1 aromatic rings. The summed E-state index contributed by atoms with van der Waals surface area (Å²) in [4.78, 5) is 40.8. The van der Waals surface area contributed by atoms with Gasteiger partial charge in [-0.2, -0.15) is 0 Å². The number of amides is 4. The van der Waals surface area contributed by atoms with Gasteiger partial charge in [-0.15, -0.1) is 0 Å². The molecule has 2 aliphatic rings. The molecule has 0 saturated carbocycles. The molecule has 3 rings (SSSR count). The summed E-state index contributed by atoms with van der Waals surface area (Å²) in [6.07, 6.45) is 0.192. The number of hydrogen-bond acceptors (Lipinski definition) is 3. The van der Waals surface area contributed by atoms with Crippen LogP contribution in [-0.4, -0.2) is 53.8 Å². The Morgan fingerprint density at radius 2 is 2.10 bits per heavy atom. The van der Waals surface area contributed by atoms with E-state index in [1.807, 2.05) is 20.8 Å². The molecule has 7 nitrogen and oxygen atoms in total. The van der Waals surface area contributed by atoms with Gasteiger partial charge in [0, 0.05) is 26.1 Å². The minimum absolute atomic E-state index is 0.111. The Hall–Kier alpha value is -2.90. The van der Waals surface area contributed by atoms with Crippen molar-refractivity contribution in [3.05, 3.63) is 46.9 Å². The number of nitrogens with zero attached hydrogens (tertiary/aromatic N) is 2. The molecule has 0 saturated heterocycles. The maximum Gasteiger partial charge on any atom is 0.322 e. The van der Waals surface area contributed by atoms with E-state index in [0.29, 0.717) is 35.8 Å². The fraction of sp³-hybridized carbons (Fsp3) is 0.476. The van der Waals surface area contributed by atoms with Crippen molar-refractivity contribution < 1.29 is 18.8 Å². The Labute approximate surface area is 169 Å². The summed E-state index contributed by atoms with van der Waals surface area (Å²) >= 11 is 0. The lowest BCUT2D eigenvalue weighted by molar-refractivity contribution is -0.127. The summed E-state index contributed by atoms with van der Waals surface area (Å²) in [5.74, 6) is -0.423. The molecule has 0 aromatic heterocycles. The smallest absolute Gasteiger partial charge is 0.322 e. The lowest BCUT2D eigenvalue weighted by Gasteiger charge is -2.32. The zero-order valence-corrected chi connectivity index (χ0v) is 17.0. The highest BCUT2D eigenvalue weighted by Gasteiger charge is 2.43. The molecule has 8 heteroatoms. The van der Waals surface area contributed by atoms with Crippen molar-refractivity contribution in [1.29, 1.82) is 0 Å². The monoisotopic (exact) mass is 402 g/mol. The van der Waals surface area contributed by atoms with Crippen LogP contribution < -0.4 is 10.6 Å². The Morgan fingerprint density at radius 3 is 2.76 bits per heavy atom. The Bertz CT molecular complexity index is 852. The maximum atomic E-state index is 13.7. The molecule has 0 radical (unpaired) electrons. The highest BCUT2D eigenvalue weighted by Crippen LogP contribution is 2.36. The average Bonchev–Trinajstić information content (AvgIpc) is 3.00. The predicted octanol–water partition coefficient (Wildman–Crippen LogP) is 2.17. The number of halogens is 1. The topological polar surface area (TPSA) is 81.8 Å². The van der Waals surface area contributed by atoms with Crippen LogP contribution in [0.5, 0.6) is 0 Å². The molecule has 29 heavy (non-hydrogen) atoms. The quantitative estimate of drug-likeness (QED) is 0.733. The van der Waals surface area contributed by atoms with Gasteiger partial charge in [-0.1, -0.05) is 26.0 Å². The summed E-state index contributed by atoms with van der Waals surface area (Å²) < 4.78 is 13.7. The van der Waals surface area contributed by atoms with Crippen LogP contribution in [0.4, 0.5) is 9.18 Å². The Kier molecular flexibility index (Phi) is 6.20. The second kappa shape index (κ2) is 8.63. The summed E-state index contributed by atoms with van der Waals surface area (Å²) in [7, 11) is 0. The first-order valence-corrected chi connectivity index (χ1v) is 9.94. The molecule has 0 fully saturated rings. The van der Waals surface area contributed by atoms with E-state index >= 15 is 0 Å². The van der Waals surface area contributed by atoms with Crippen molar-refractivity contribution >= 4 is 17.8 Å². The zero-order chi connectivity index (χ0) is 21.1. The Morgan fingerprint density at radius 1 is 1.34 bits per heavy atom. The number of carbonyl (C=O) groups excluding carboxylic acids is 3. The number of nitrogens with one attached hydrogen (secondary N) is 2. The fourth-order valence-corrected chi connectivity index (χ4v) is 3.64. The minimum Gasteiger partial charge on any atom is -0.356 e. The van der Waals surface area contributed by atoms with Gasteiger partial charge in [0.05, 0.1) is 23.9 Å². The van der Waals surface area contributed by atoms with Gasteiger partial charge in [0.25, 0.3) is 5.91 Å². The molecular weight excluding hydrogens is 375 g/mol. The number of hydrogen-bond donors (Lipinski definition) is 2. The number of carbonyl (C=O) groups is 3. The molecule has 156 valence electrons. The van der Waals surface area contributed by atoms with E-state index in [-0.39, 0.29) is 37.4 Å². The van der Waals surface area contributed by atoms with Crippen molar-refractivity contribution in [3.8, 4) is 0 Å². The van der Waals surface area contributed by atoms with Crippen molar-refractivity contribution in [2.75, 3.05) is 26.2 Å². The van der Waals surface area contributed by atoms with Gasteiger partial charge in [0.15, 0.2) is 0 Å². The van der Waals surface area contributed by atoms with E-state index in [9.17, 15) is 18.8 Å². The average molecular weight is 402 g/mol. The first-order valence-electron chi connectivity index (χ1n) is 9.94. The standard InChI is InChI=1S/C21H27FN4O3/c1-4-26-16-12-25(9-8-17(27)23-11-13(2)3)20(28)18(16)19(24-21(26)29)14-6-5-7-15(22)10-14/h5-7,10,13,19H,4,8-9,11-12H2,1-3H3,(H,23,27)(H,24,29). The van der Waals surface area contributed by atoms with Crippen molar-refractivity contribution in [2.24, 2.45) is 5.92 Å². The molecule has 1 aromatic carbocycles. The van der Waals surface area contributed by atoms with Crippen LogP contribution in [0.15, 0.2) is 35.5 Å². The molecule has 1 unspecified atom stereocenters. The van der Waals surface area contributed by atoms with Gasteiger partial charge < -0.3 is 15.5 Å². The van der Waals surface area contributed by atoms with Gasteiger partial charge in [0.2, 0.25) is 5.91 Å². The van der Waals surface area contributed by atoms with Gasteiger partial charge in [0.1, 0.15) is 5.82 Å². The maximum absolute atomic E-state index is 13.7. The molecule has 4 amide bonds. The summed E-state index contributed by atoms with van der Waals surface area (Å²) in [5.41, 5.74) is 1.59. The predicted molar refractivity (Wildman–Crippen MR) is 106 cm³/mol. The molecule has 2 aliphatic heterocycles. The summed E-state index contributed by atoms with van der Waals surface area (Å²) in [6, 6.07) is 4.87. The lowest BCUT2D eigenvalue weighted by Crippen LogP contribution is -2.47. The third-order valence-electron chi connectivity index (χ3n) is 5.11. The van der Waals surface area contributed by atoms with E-state index in [1.165, 1.54) is 17.0 Å². The minimum atomic E-state index is -0.705. The number of likely N-dealkylation sites (N-methyl/N-ethyl adjacent to an activating group) is 1. The van der Waals surface area contributed by atoms with E-state index < -0.39 is 11.9 Å². The molecule has 0 spiro atoms.